The molecule has 0 spiro atoms. The molecule has 0 radical (unpaired) electrons. The van der Waals surface area contributed by atoms with Gasteiger partial charge in [-0.2, -0.15) is 0 Å². The Morgan fingerprint density at radius 1 is 1.08 bits per heavy atom. The number of hydrogen-bond donors (Lipinski definition) is 10. The van der Waals surface area contributed by atoms with Gasteiger partial charge in [-0.05, 0) is 18.5 Å². The lowest BCUT2D eigenvalue weighted by Crippen LogP contribution is -2.40. The van der Waals surface area contributed by atoms with Gasteiger partial charge in [-0.25, -0.2) is 4.98 Å². The summed E-state index contributed by atoms with van der Waals surface area (Å²) in [6.45, 7) is 0.580. The lowest BCUT2D eigenvalue weighted by molar-refractivity contribution is -0.185. The van der Waals surface area contributed by atoms with Crippen molar-refractivity contribution in [1.29, 1.82) is 0 Å². The van der Waals surface area contributed by atoms with E-state index in [-0.39, 0.29) is 29.8 Å². The number of carbonyl (C=O) groups excluding carboxylic acids is 1. The first-order valence-corrected chi connectivity index (χ1v) is 11.3. The number of nitrogens with zero attached hydrogens (tertiary/aromatic N) is 1. The summed E-state index contributed by atoms with van der Waals surface area (Å²) < 4.78 is 5.45. The van der Waals surface area contributed by atoms with Crippen LogP contribution in [0.2, 0.25) is 0 Å². The minimum absolute atomic E-state index is 0.0475. The molecule has 13 nitrogen and oxygen atoms in total. The maximum absolute atomic E-state index is 12.4. The van der Waals surface area contributed by atoms with Crippen molar-refractivity contribution >= 4 is 28.1 Å². The van der Waals surface area contributed by atoms with Crippen molar-refractivity contribution in [2.24, 2.45) is 0 Å². The van der Waals surface area contributed by atoms with Crippen molar-refractivity contribution in [3.63, 3.8) is 0 Å². The zero-order valence-electron chi connectivity index (χ0n) is 19.0. The van der Waals surface area contributed by atoms with Crippen LogP contribution >= 0.6 is 11.3 Å². The zero-order valence-corrected chi connectivity index (χ0v) is 19.8. The third-order valence-corrected chi connectivity index (χ3v) is 6.03. The number of phenols is 4. The van der Waals surface area contributed by atoms with Crippen LogP contribution in [-0.4, -0.2) is 66.8 Å². The average Bonchev–Trinajstić information content (AvgIpc) is 3.21. The molecule has 1 amide bonds. The molecule has 3 rings (SSSR count). The molecule has 0 aliphatic carbocycles. The molecule has 0 aliphatic rings. The van der Waals surface area contributed by atoms with Gasteiger partial charge in [0.15, 0.2) is 33.8 Å². The number of nitrogens with one attached hydrogen (secondary N) is 2. The summed E-state index contributed by atoms with van der Waals surface area (Å²) in [5.41, 5.74) is 4.30. The first kappa shape index (κ1) is 26.8. The van der Waals surface area contributed by atoms with Crippen LogP contribution in [0.5, 0.6) is 28.1 Å². The van der Waals surface area contributed by atoms with Crippen LogP contribution in [0.15, 0.2) is 30.3 Å². The molecule has 14 heteroatoms. The van der Waals surface area contributed by atoms with Gasteiger partial charge in [0.1, 0.15) is 5.69 Å². The van der Waals surface area contributed by atoms with Gasteiger partial charge in [0, 0.05) is 19.2 Å². The van der Waals surface area contributed by atoms with Gasteiger partial charge in [-0.15, -0.1) is 0 Å². The van der Waals surface area contributed by atoms with Crippen molar-refractivity contribution in [2.75, 3.05) is 31.2 Å². The molecule has 2 aromatic carbocycles. The number of ether oxygens (including phenoxy) is 1. The zero-order chi connectivity index (χ0) is 26.6. The smallest absolute Gasteiger partial charge is 0.294 e. The Kier molecular flexibility index (Phi) is 8.07. The number of aromatic hydroxyl groups is 5. The normalized spacial score (nSPS) is 12.4. The first-order valence-electron chi connectivity index (χ1n) is 10.5. The highest BCUT2D eigenvalue weighted by Gasteiger charge is 2.42. The summed E-state index contributed by atoms with van der Waals surface area (Å²) in [6, 6.07) is 9.41. The molecule has 0 aliphatic heterocycles. The van der Waals surface area contributed by atoms with Crippen LogP contribution < -0.4 is 16.4 Å². The fourth-order valence-corrected chi connectivity index (χ4v) is 4.04. The Balaban J connectivity index is 1.73. The number of rotatable bonds is 10. The van der Waals surface area contributed by atoms with E-state index in [9.17, 15) is 40.5 Å². The summed E-state index contributed by atoms with van der Waals surface area (Å²) in [7, 11) is 1.55. The minimum atomic E-state index is -3.43. The summed E-state index contributed by atoms with van der Waals surface area (Å²) >= 11 is 0.474. The number of nitrogen functional groups attached to an aromatic ring is 1. The Morgan fingerprint density at radius 3 is 2.22 bits per heavy atom. The van der Waals surface area contributed by atoms with Crippen molar-refractivity contribution in [1.82, 2.24) is 10.3 Å². The van der Waals surface area contributed by atoms with E-state index in [1.165, 1.54) is 0 Å². The second-order valence-electron chi connectivity index (χ2n) is 7.67. The predicted molar refractivity (Wildman–Crippen MR) is 129 cm³/mol. The van der Waals surface area contributed by atoms with Crippen molar-refractivity contribution in [3.8, 4) is 28.1 Å². The third-order valence-electron chi connectivity index (χ3n) is 5.34. The van der Waals surface area contributed by atoms with Gasteiger partial charge in [0.25, 0.3) is 11.7 Å². The molecular formula is C22H26N4O9S. The molecule has 1 unspecified atom stereocenters. The first-order chi connectivity index (χ1) is 17.0. The molecular weight excluding hydrogens is 496 g/mol. The molecule has 1 atom stereocenters. The fraction of sp³-hybridized carbons (Fsp3) is 0.273. The second-order valence-corrected chi connectivity index (χ2v) is 8.68. The predicted octanol–water partition coefficient (Wildman–Crippen LogP) is 0.549. The van der Waals surface area contributed by atoms with Crippen LogP contribution in [0, 0.1) is 0 Å². The molecule has 0 bridgehead atoms. The fourth-order valence-electron chi connectivity index (χ4n) is 3.42. The van der Waals surface area contributed by atoms with Gasteiger partial charge in [-0.1, -0.05) is 41.7 Å². The highest BCUT2D eigenvalue weighted by Crippen LogP contribution is 2.50. The summed E-state index contributed by atoms with van der Waals surface area (Å²) in [5, 5.41) is 75.3. The maximum Gasteiger partial charge on any atom is 0.294 e. The Bertz CT molecular complexity index is 1200. The molecule has 194 valence electrons. The van der Waals surface area contributed by atoms with Gasteiger partial charge < -0.3 is 56.8 Å². The molecule has 1 heterocycles. The summed E-state index contributed by atoms with van der Waals surface area (Å²) in [5.74, 6) is -8.88. The van der Waals surface area contributed by atoms with Crippen LogP contribution in [0.3, 0.4) is 0 Å². The number of amides is 1. The van der Waals surface area contributed by atoms with E-state index in [1.54, 1.807) is 12.4 Å². The topological polar surface area (TPSA) is 231 Å². The van der Waals surface area contributed by atoms with E-state index < -0.39 is 51.1 Å². The molecule has 0 fully saturated rings. The Labute approximate surface area is 208 Å². The van der Waals surface area contributed by atoms with Crippen LogP contribution in [0.4, 0.5) is 10.8 Å². The van der Waals surface area contributed by atoms with Crippen LogP contribution in [-0.2, 0) is 21.7 Å². The van der Waals surface area contributed by atoms with E-state index in [0.717, 1.165) is 5.56 Å². The van der Waals surface area contributed by atoms with Crippen molar-refractivity contribution in [3.05, 3.63) is 47.2 Å². The van der Waals surface area contributed by atoms with E-state index in [4.69, 9.17) is 10.5 Å². The summed E-state index contributed by atoms with van der Waals surface area (Å²) in [6.07, 6.45) is -0.314. The molecule has 0 saturated heterocycles. The second kappa shape index (κ2) is 10.8. The standard InChI is InChI=1S/C22H26N4O9S/c1-35-12(10-5-3-2-4-6-10)9-24-8-7-11-14(27)16(29)13(17(30)15(11)28)25-20(32)22(33,34)18-19(31)36-21(23)26-18/h2-6,12,24,27-31,33-34H,7-9H2,1H3,(H2,23,26)(H,25,32). The average molecular weight is 523 g/mol. The Hall–Kier alpha value is -3.82. The largest absolute Gasteiger partial charge is 0.504 e. The number of thiazole rings is 1. The highest BCUT2D eigenvalue weighted by molar-refractivity contribution is 7.17. The third kappa shape index (κ3) is 5.37. The SMILES string of the molecule is COC(CNCCc1c(O)c(O)c(NC(=O)C(O)(O)c2nc(N)sc2O)c(O)c1O)c1ccccc1. The maximum atomic E-state index is 12.4. The van der Waals surface area contributed by atoms with Crippen molar-refractivity contribution < 1.29 is 45.3 Å². The number of carbonyl (C=O) groups is 1. The highest BCUT2D eigenvalue weighted by atomic mass is 32.1. The number of phenolic OH excluding ortho intramolecular Hbond substituents is 4. The minimum Gasteiger partial charge on any atom is -0.504 e. The quantitative estimate of drug-likeness (QED) is 0.0761. The number of hydrogen-bond acceptors (Lipinski definition) is 13. The van der Waals surface area contributed by atoms with Crippen molar-refractivity contribution in [2.45, 2.75) is 18.3 Å². The molecule has 1 aromatic heterocycles. The van der Waals surface area contributed by atoms with Gasteiger partial charge >= 0.3 is 0 Å². The van der Waals surface area contributed by atoms with Gasteiger partial charge in [0.05, 0.1) is 6.10 Å². The number of anilines is 2. The lowest BCUT2D eigenvalue weighted by atomic mass is 10.0. The van der Waals surface area contributed by atoms with Gasteiger partial charge in [-0.3, -0.25) is 4.79 Å². The van der Waals surface area contributed by atoms with Gasteiger partial charge in [0.2, 0.25) is 5.06 Å². The summed E-state index contributed by atoms with van der Waals surface area (Å²) in [4.78, 5) is 15.9. The Morgan fingerprint density at radius 2 is 1.69 bits per heavy atom. The molecule has 36 heavy (non-hydrogen) atoms. The number of nitrogens with two attached hydrogens (primary N) is 1. The van der Waals surface area contributed by atoms with E-state index >= 15 is 0 Å². The van der Waals surface area contributed by atoms with E-state index in [1.807, 2.05) is 30.3 Å². The number of benzene rings is 2. The molecule has 0 saturated carbocycles. The number of aromatic nitrogens is 1. The molecule has 3 aromatic rings. The van der Waals surface area contributed by atoms with Crippen LogP contribution in [0.25, 0.3) is 0 Å². The van der Waals surface area contributed by atoms with E-state index in [0.29, 0.717) is 17.9 Å². The molecule has 11 N–H and O–H groups in total. The monoisotopic (exact) mass is 522 g/mol. The number of aliphatic hydroxyl groups is 2. The lowest BCUT2D eigenvalue weighted by Gasteiger charge is -2.21. The van der Waals surface area contributed by atoms with Crippen LogP contribution in [0.1, 0.15) is 22.9 Å². The number of methoxy groups -OCH3 is 1. The van der Waals surface area contributed by atoms with E-state index in [2.05, 4.69) is 10.3 Å².